The van der Waals surface area contributed by atoms with E-state index in [1.807, 2.05) is 0 Å². The summed E-state index contributed by atoms with van der Waals surface area (Å²) < 4.78 is 0. The minimum atomic E-state index is -0.698. The van der Waals surface area contributed by atoms with Crippen molar-refractivity contribution in [3.8, 4) is 0 Å². The van der Waals surface area contributed by atoms with Crippen molar-refractivity contribution >= 4 is 11.8 Å². The number of rotatable bonds is 8. The van der Waals surface area contributed by atoms with Gasteiger partial charge in [0, 0.05) is 18.8 Å². The van der Waals surface area contributed by atoms with Crippen LogP contribution in [0.4, 0.5) is 0 Å². The maximum Gasteiger partial charge on any atom is 0.303 e. The van der Waals surface area contributed by atoms with E-state index in [-0.39, 0.29) is 0 Å². The van der Waals surface area contributed by atoms with Gasteiger partial charge in [-0.3, -0.25) is 9.59 Å². The molecule has 16 heavy (non-hydrogen) atoms. The highest BCUT2D eigenvalue weighted by molar-refractivity contribution is 5.82. The van der Waals surface area contributed by atoms with Crippen LogP contribution in [0.1, 0.15) is 64.2 Å². The summed E-state index contributed by atoms with van der Waals surface area (Å²) >= 11 is 0. The van der Waals surface area contributed by atoms with Crippen molar-refractivity contribution in [3.05, 3.63) is 0 Å². The average Bonchev–Trinajstić information content (AvgIpc) is 2.62. The van der Waals surface area contributed by atoms with E-state index >= 15 is 0 Å². The predicted octanol–water partition coefficient (Wildman–Crippen LogP) is 3.17. The Balaban J connectivity index is 1.88. The van der Waals surface area contributed by atoms with E-state index in [0.717, 1.165) is 57.8 Å². The molecular formula is C13H22O3. The number of aliphatic carboxylic acids is 1. The zero-order valence-corrected chi connectivity index (χ0v) is 9.91. The molecule has 0 aliphatic heterocycles. The van der Waals surface area contributed by atoms with Gasteiger partial charge in [0.25, 0.3) is 0 Å². The molecule has 0 aromatic rings. The summed E-state index contributed by atoms with van der Waals surface area (Å²) in [5.41, 5.74) is 0. The molecule has 0 aromatic heterocycles. The molecule has 1 unspecified atom stereocenters. The lowest BCUT2D eigenvalue weighted by Crippen LogP contribution is -2.05. The van der Waals surface area contributed by atoms with Crippen LogP contribution in [0, 0.1) is 5.92 Å². The zero-order chi connectivity index (χ0) is 11.8. The van der Waals surface area contributed by atoms with Gasteiger partial charge in [0.1, 0.15) is 5.78 Å². The van der Waals surface area contributed by atoms with Crippen LogP contribution < -0.4 is 0 Å². The van der Waals surface area contributed by atoms with Crippen LogP contribution in [0.3, 0.4) is 0 Å². The topological polar surface area (TPSA) is 54.4 Å². The Morgan fingerprint density at radius 1 is 1.19 bits per heavy atom. The molecule has 0 amide bonds. The van der Waals surface area contributed by atoms with Gasteiger partial charge in [-0.15, -0.1) is 0 Å². The van der Waals surface area contributed by atoms with Gasteiger partial charge in [0.15, 0.2) is 0 Å². The van der Waals surface area contributed by atoms with Crippen molar-refractivity contribution in [1.29, 1.82) is 0 Å². The molecule has 0 heterocycles. The first kappa shape index (κ1) is 13.2. The van der Waals surface area contributed by atoms with Gasteiger partial charge in [-0.1, -0.05) is 25.7 Å². The lowest BCUT2D eigenvalue weighted by Gasteiger charge is -2.06. The molecule has 0 radical (unpaired) electrons. The number of carboxylic acid groups (broad SMARTS) is 1. The molecule has 0 spiro atoms. The molecule has 3 heteroatoms. The van der Waals surface area contributed by atoms with Crippen LogP contribution in [0.5, 0.6) is 0 Å². The molecule has 0 aromatic carbocycles. The number of hydrogen-bond donors (Lipinski definition) is 1. The van der Waals surface area contributed by atoms with Gasteiger partial charge in [0.2, 0.25) is 0 Å². The molecule has 1 atom stereocenters. The third-order valence-electron chi connectivity index (χ3n) is 3.37. The fraction of sp³-hybridized carbons (Fsp3) is 0.846. The van der Waals surface area contributed by atoms with Crippen molar-refractivity contribution < 1.29 is 14.7 Å². The summed E-state index contributed by atoms with van der Waals surface area (Å²) in [5.74, 6) is 0.112. The molecule has 1 N–H and O–H groups in total. The SMILES string of the molecule is O=C(O)CCCCCCCC1CCCC1=O. The Morgan fingerprint density at radius 3 is 2.50 bits per heavy atom. The second-order valence-electron chi connectivity index (χ2n) is 4.76. The van der Waals surface area contributed by atoms with Crippen molar-refractivity contribution in [2.45, 2.75) is 64.2 Å². The van der Waals surface area contributed by atoms with Crippen LogP contribution in [-0.4, -0.2) is 16.9 Å². The number of unbranched alkanes of at least 4 members (excludes halogenated alkanes) is 4. The van der Waals surface area contributed by atoms with Crippen LogP contribution >= 0.6 is 0 Å². The van der Waals surface area contributed by atoms with E-state index in [1.165, 1.54) is 0 Å². The Hall–Kier alpha value is -0.860. The van der Waals surface area contributed by atoms with E-state index < -0.39 is 5.97 Å². The number of carbonyl (C=O) groups excluding carboxylic acids is 1. The van der Waals surface area contributed by atoms with Gasteiger partial charge >= 0.3 is 5.97 Å². The minimum Gasteiger partial charge on any atom is -0.481 e. The largest absolute Gasteiger partial charge is 0.481 e. The lowest BCUT2D eigenvalue weighted by atomic mass is 9.98. The summed E-state index contributed by atoms with van der Waals surface area (Å²) in [6.45, 7) is 0. The quantitative estimate of drug-likeness (QED) is 0.647. The standard InChI is InChI=1S/C13H22O3/c14-12-9-6-8-11(12)7-4-2-1-3-5-10-13(15)16/h11H,1-10H2,(H,15,16). The van der Waals surface area contributed by atoms with Crippen molar-refractivity contribution in [3.63, 3.8) is 0 Å². The maximum absolute atomic E-state index is 11.4. The summed E-state index contributed by atoms with van der Waals surface area (Å²) in [4.78, 5) is 21.6. The second-order valence-corrected chi connectivity index (χ2v) is 4.76. The van der Waals surface area contributed by atoms with Gasteiger partial charge in [-0.05, 0) is 25.7 Å². The van der Waals surface area contributed by atoms with Crippen molar-refractivity contribution in [1.82, 2.24) is 0 Å². The van der Waals surface area contributed by atoms with Crippen LogP contribution in [0.25, 0.3) is 0 Å². The molecule has 1 saturated carbocycles. The summed E-state index contributed by atoms with van der Waals surface area (Å²) in [7, 11) is 0. The molecule has 3 nitrogen and oxygen atoms in total. The van der Waals surface area contributed by atoms with E-state index in [0.29, 0.717) is 18.1 Å². The van der Waals surface area contributed by atoms with E-state index in [1.54, 1.807) is 0 Å². The number of hydrogen-bond acceptors (Lipinski definition) is 2. The second kappa shape index (κ2) is 7.42. The Kier molecular flexibility index (Phi) is 6.12. The molecule has 1 rings (SSSR count). The number of carboxylic acids is 1. The Morgan fingerprint density at radius 2 is 1.88 bits per heavy atom. The fourth-order valence-corrected chi connectivity index (χ4v) is 2.39. The molecule has 1 aliphatic carbocycles. The van der Waals surface area contributed by atoms with Gasteiger partial charge in [-0.2, -0.15) is 0 Å². The predicted molar refractivity (Wildman–Crippen MR) is 62.3 cm³/mol. The van der Waals surface area contributed by atoms with E-state index in [4.69, 9.17) is 5.11 Å². The molecule has 1 fully saturated rings. The maximum atomic E-state index is 11.4. The van der Waals surface area contributed by atoms with Gasteiger partial charge in [-0.25, -0.2) is 0 Å². The van der Waals surface area contributed by atoms with E-state index in [9.17, 15) is 9.59 Å². The molecule has 92 valence electrons. The normalized spacial score (nSPS) is 20.2. The smallest absolute Gasteiger partial charge is 0.303 e. The highest BCUT2D eigenvalue weighted by Crippen LogP contribution is 2.26. The summed E-state index contributed by atoms with van der Waals surface area (Å²) in [6, 6.07) is 0. The third kappa shape index (κ3) is 5.29. The third-order valence-corrected chi connectivity index (χ3v) is 3.37. The number of ketones is 1. The average molecular weight is 226 g/mol. The highest BCUT2D eigenvalue weighted by atomic mass is 16.4. The first-order valence-electron chi connectivity index (χ1n) is 6.44. The summed E-state index contributed by atoms with van der Waals surface area (Å²) in [6.07, 6.45) is 9.49. The fourth-order valence-electron chi connectivity index (χ4n) is 2.39. The highest BCUT2D eigenvalue weighted by Gasteiger charge is 2.23. The number of carbonyl (C=O) groups is 2. The Labute approximate surface area is 97.2 Å². The molecule has 0 bridgehead atoms. The first-order valence-corrected chi connectivity index (χ1v) is 6.44. The minimum absolute atomic E-state index is 0.293. The van der Waals surface area contributed by atoms with Crippen LogP contribution in [0.15, 0.2) is 0 Å². The monoisotopic (exact) mass is 226 g/mol. The van der Waals surface area contributed by atoms with Gasteiger partial charge in [0.05, 0.1) is 0 Å². The summed E-state index contributed by atoms with van der Waals surface area (Å²) in [5, 5.41) is 8.45. The first-order chi connectivity index (χ1) is 7.70. The van der Waals surface area contributed by atoms with E-state index in [2.05, 4.69) is 0 Å². The lowest BCUT2D eigenvalue weighted by molar-refractivity contribution is -0.137. The Bertz CT molecular complexity index is 235. The van der Waals surface area contributed by atoms with Crippen LogP contribution in [0.2, 0.25) is 0 Å². The van der Waals surface area contributed by atoms with Crippen LogP contribution in [-0.2, 0) is 9.59 Å². The van der Waals surface area contributed by atoms with Crippen molar-refractivity contribution in [2.75, 3.05) is 0 Å². The molecule has 0 saturated heterocycles. The van der Waals surface area contributed by atoms with Gasteiger partial charge < -0.3 is 5.11 Å². The number of Topliss-reactive ketones (excluding diaryl/α,β-unsaturated/α-hetero) is 1. The zero-order valence-electron chi connectivity index (χ0n) is 9.91. The van der Waals surface area contributed by atoms with Crippen molar-refractivity contribution in [2.24, 2.45) is 5.92 Å². The molecular weight excluding hydrogens is 204 g/mol. The molecule has 1 aliphatic rings.